The quantitative estimate of drug-likeness (QED) is 0.0513. The summed E-state index contributed by atoms with van der Waals surface area (Å²) in [6.07, 6.45) is -0.119. The molecule has 3 aromatic rings. The Bertz CT molecular complexity index is 1760. The predicted molar refractivity (Wildman–Crippen MR) is 200 cm³/mol. The molecule has 0 aliphatic rings. The van der Waals surface area contributed by atoms with Crippen LogP contribution in [0.4, 0.5) is 4.79 Å². The Hall–Kier alpha value is -5.02. The number of benzene rings is 2. The molecule has 0 saturated carbocycles. The van der Waals surface area contributed by atoms with E-state index in [1.54, 1.807) is 75.4 Å². The van der Waals surface area contributed by atoms with Gasteiger partial charge in [0.2, 0.25) is 5.91 Å². The number of fused-ring (bicyclic) bond motifs is 1. The van der Waals surface area contributed by atoms with Gasteiger partial charge in [0.25, 0.3) is 5.91 Å². The summed E-state index contributed by atoms with van der Waals surface area (Å²) < 4.78 is 21.8. The minimum atomic E-state index is -2.41. The van der Waals surface area contributed by atoms with Gasteiger partial charge in [-0.3, -0.25) is 19.2 Å². The lowest BCUT2D eigenvalue weighted by Crippen LogP contribution is -2.59. The predicted octanol–water partition coefficient (Wildman–Crippen LogP) is 4.93. The van der Waals surface area contributed by atoms with Gasteiger partial charge in [0, 0.05) is 29.1 Å². The van der Waals surface area contributed by atoms with Gasteiger partial charge >= 0.3 is 18.0 Å². The topological polar surface area (TPSA) is 191 Å². The number of ether oxygens (including phenoxy) is 3. The van der Waals surface area contributed by atoms with E-state index in [-0.39, 0.29) is 36.7 Å². The second-order valence-corrected chi connectivity index (χ2v) is 19.9. The Morgan fingerprint density at radius 1 is 0.811 bits per heavy atom. The third kappa shape index (κ3) is 12.6. The normalized spacial score (nSPS) is 13.6. The highest BCUT2D eigenvalue weighted by molar-refractivity contribution is 6.74. The Labute approximate surface area is 311 Å². The van der Waals surface area contributed by atoms with Crippen molar-refractivity contribution in [1.29, 1.82) is 0 Å². The highest BCUT2D eigenvalue weighted by Crippen LogP contribution is 2.36. The fourth-order valence-electron chi connectivity index (χ4n) is 4.83. The lowest BCUT2D eigenvalue weighted by atomic mass is 10.0. The number of hydrogen-bond donors (Lipinski definition) is 4. The van der Waals surface area contributed by atoms with E-state index >= 15 is 0 Å². The van der Waals surface area contributed by atoms with Gasteiger partial charge in [-0.2, -0.15) is 0 Å². The van der Waals surface area contributed by atoms with Crippen LogP contribution in [0.1, 0.15) is 70.3 Å². The zero-order valence-electron chi connectivity index (χ0n) is 31.9. The number of para-hydroxylation sites is 1. The molecule has 3 rings (SSSR count). The number of aromatic amines is 1. The van der Waals surface area contributed by atoms with E-state index in [1.807, 2.05) is 33.9 Å². The maximum Gasteiger partial charge on any atom is 0.408 e. The molecular weight excluding hydrogens is 701 g/mol. The molecule has 1 heterocycles. The van der Waals surface area contributed by atoms with Crippen molar-refractivity contribution >= 4 is 54.8 Å². The van der Waals surface area contributed by atoms with Crippen molar-refractivity contribution in [3.8, 4) is 0 Å². The number of aromatic nitrogens is 1. The molecule has 0 spiro atoms. The summed E-state index contributed by atoms with van der Waals surface area (Å²) in [5, 5.41) is 7.71. The molecule has 53 heavy (non-hydrogen) atoms. The number of carbonyl (C=O) groups excluding carboxylic acids is 6. The summed E-state index contributed by atoms with van der Waals surface area (Å²) >= 11 is 0. The number of esters is 2. The molecule has 0 bridgehead atoms. The summed E-state index contributed by atoms with van der Waals surface area (Å²) in [6.45, 7) is 14.7. The summed E-state index contributed by atoms with van der Waals surface area (Å²) in [5.74, 6) is -4.26. The Balaban J connectivity index is 1.94. The Morgan fingerprint density at radius 3 is 2.08 bits per heavy atom. The number of carbonyl (C=O) groups is 6. The van der Waals surface area contributed by atoms with Crippen LogP contribution in [0.15, 0.2) is 60.8 Å². The van der Waals surface area contributed by atoms with E-state index in [2.05, 4.69) is 20.9 Å². The minimum Gasteiger partial charge on any atom is -0.467 e. The molecule has 0 unspecified atom stereocenters. The lowest BCUT2D eigenvalue weighted by molar-refractivity contribution is -0.155. The average Bonchev–Trinajstić information content (AvgIpc) is 3.52. The van der Waals surface area contributed by atoms with E-state index in [1.165, 1.54) is 6.20 Å². The van der Waals surface area contributed by atoms with E-state index < -0.39 is 67.7 Å². The van der Waals surface area contributed by atoms with Crippen LogP contribution in [0.25, 0.3) is 10.9 Å². The second kappa shape index (κ2) is 18.1. The number of ketones is 1. The van der Waals surface area contributed by atoms with Gasteiger partial charge in [-0.05, 0) is 57.0 Å². The number of hydrogen-bond acceptors (Lipinski definition) is 10. The van der Waals surface area contributed by atoms with Gasteiger partial charge in [-0.1, -0.05) is 69.3 Å². The molecule has 288 valence electrons. The first-order valence-corrected chi connectivity index (χ1v) is 20.2. The van der Waals surface area contributed by atoms with E-state index in [4.69, 9.17) is 18.6 Å². The third-order valence-electron chi connectivity index (χ3n) is 8.76. The molecule has 0 radical (unpaired) electrons. The zero-order chi connectivity index (χ0) is 39.6. The standard InChI is InChI=1S/C38H52N4O10Si/c1-37(2,3)52-30(43)20-19-28(41-36(48)50-22-24-15-11-10-12-16-24)33(45)42-31(32(44)26-21-39-27-18-14-13-17-25(26)27)34(46)40-29(35(47)49-7)23-51-53(8,9)38(4,5)6/h10-18,21,28-29,31,39H,19-20,22-23H2,1-9H3,(H,40,46)(H,41,48)(H,42,45)/t28-,29+,31+/m1/s1. The van der Waals surface area contributed by atoms with Crippen LogP contribution >= 0.6 is 0 Å². The minimum absolute atomic E-state index is 0.0914. The van der Waals surface area contributed by atoms with Gasteiger partial charge in [0.05, 0.1) is 13.7 Å². The third-order valence-corrected chi connectivity index (χ3v) is 13.3. The van der Waals surface area contributed by atoms with Crippen molar-refractivity contribution < 1.29 is 47.4 Å². The van der Waals surface area contributed by atoms with Crippen molar-refractivity contribution in [1.82, 2.24) is 20.9 Å². The molecule has 2 aromatic carbocycles. The van der Waals surface area contributed by atoms with Gasteiger partial charge in [-0.25, -0.2) is 9.59 Å². The van der Waals surface area contributed by atoms with Crippen LogP contribution in [0.5, 0.6) is 0 Å². The van der Waals surface area contributed by atoms with Gasteiger partial charge in [-0.15, -0.1) is 0 Å². The summed E-state index contributed by atoms with van der Waals surface area (Å²) in [7, 11) is -1.25. The van der Waals surface area contributed by atoms with E-state index in [0.717, 1.165) is 7.11 Å². The molecule has 4 N–H and O–H groups in total. The molecule has 3 amide bonds. The van der Waals surface area contributed by atoms with Crippen LogP contribution in [0.3, 0.4) is 0 Å². The molecule has 0 saturated heterocycles. The zero-order valence-corrected chi connectivity index (χ0v) is 32.9. The fourth-order valence-corrected chi connectivity index (χ4v) is 5.84. The molecule has 14 nitrogen and oxygen atoms in total. The maximum absolute atomic E-state index is 14.2. The number of alkyl carbamates (subject to hydrolysis) is 1. The van der Waals surface area contributed by atoms with E-state index in [9.17, 15) is 28.8 Å². The molecular formula is C38H52N4O10Si. The van der Waals surface area contributed by atoms with Crippen molar-refractivity contribution in [2.24, 2.45) is 0 Å². The smallest absolute Gasteiger partial charge is 0.408 e. The maximum atomic E-state index is 14.2. The van der Waals surface area contributed by atoms with Crippen LogP contribution in [0.2, 0.25) is 18.1 Å². The second-order valence-electron chi connectivity index (χ2n) is 15.1. The van der Waals surface area contributed by atoms with Crippen LogP contribution in [-0.4, -0.2) is 86.4 Å². The first-order chi connectivity index (χ1) is 24.7. The van der Waals surface area contributed by atoms with Crippen molar-refractivity contribution in [3.05, 3.63) is 71.9 Å². The molecule has 15 heteroatoms. The molecule has 0 aliphatic carbocycles. The number of Topliss-reactive ketones (excluding diaryl/α,β-unsaturated/α-hetero) is 1. The fraction of sp³-hybridized carbons (Fsp3) is 0.474. The number of H-pyrrole nitrogens is 1. The number of methoxy groups -OCH3 is 1. The summed E-state index contributed by atoms with van der Waals surface area (Å²) in [5.41, 5.74) is 0.579. The van der Waals surface area contributed by atoms with Gasteiger partial charge in [0.15, 0.2) is 20.1 Å². The number of nitrogens with one attached hydrogen (secondary N) is 4. The molecule has 0 aliphatic heterocycles. The Morgan fingerprint density at radius 2 is 1.45 bits per heavy atom. The first kappa shape index (κ1) is 42.4. The number of amides is 3. The number of rotatable bonds is 16. The largest absolute Gasteiger partial charge is 0.467 e. The van der Waals surface area contributed by atoms with Crippen LogP contribution < -0.4 is 16.0 Å². The highest BCUT2D eigenvalue weighted by atomic mass is 28.4. The Kier molecular flexibility index (Phi) is 14.5. The molecule has 1 aromatic heterocycles. The summed E-state index contributed by atoms with van der Waals surface area (Å²) in [6, 6.07) is 11.1. The SMILES string of the molecule is COC(=O)[C@H](CO[Si](C)(C)C(C)(C)C)NC(=O)[C@@H](NC(=O)[C@@H](CCC(=O)OC(C)(C)C)NC(=O)OCc1ccccc1)C(=O)c1c[nH]c2ccccc12. The summed E-state index contributed by atoms with van der Waals surface area (Å²) in [4.78, 5) is 83.6. The van der Waals surface area contributed by atoms with Crippen LogP contribution in [0, 0.1) is 0 Å². The monoisotopic (exact) mass is 752 g/mol. The van der Waals surface area contributed by atoms with Gasteiger partial charge < -0.3 is 39.6 Å². The average molecular weight is 753 g/mol. The molecule has 0 fully saturated rings. The van der Waals surface area contributed by atoms with Crippen molar-refractivity contribution in [2.45, 2.75) is 103 Å². The van der Waals surface area contributed by atoms with Gasteiger partial charge in [0.1, 0.15) is 24.3 Å². The van der Waals surface area contributed by atoms with E-state index in [0.29, 0.717) is 16.5 Å². The highest BCUT2D eigenvalue weighted by Gasteiger charge is 2.40. The molecule has 3 atom stereocenters. The van der Waals surface area contributed by atoms with Crippen molar-refractivity contribution in [3.63, 3.8) is 0 Å². The van der Waals surface area contributed by atoms with Crippen LogP contribution in [-0.2, 0) is 44.4 Å². The van der Waals surface area contributed by atoms with Crippen molar-refractivity contribution in [2.75, 3.05) is 13.7 Å². The first-order valence-electron chi connectivity index (χ1n) is 17.3. The lowest BCUT2D eigenvalue weighted by Gasteiger charge is -2.37.